The molecular formula is C50H76ClFN2O3. The molecule has 7 rings (SSSR count). The fourth-order valence-electron chi connectivity index (χ4n) is 15.5. The van der Waals surface area contributed by atoms with E-state index in [9.17, 15) is 19.4 Å². The van der Waals surface area contributed by atoms with E-state index in [-0.39, 0.29) is 39.6 Å². The van der Waals surface area contributed by atoms with Gasteiger partial charge in [0.2, 0.25) is 0 Å². The van der Waals surface area contributed by atoms with Crippen LogP contribution >= 0.6 is 11.6 Å². The maximum Gasteiger partial charge on any atom is 0.312 e. The molecule has 0 saturated heterocycles. The molecule has 4 saturated carbocycles. The molecule has 1 aromatic carbocycles. The minimum absolute atomic E-state index is 0.0264. The number of benzene rings is 1. The summed E-state index contributed by atoms with van der Waals surface area (Å²) in [6.45, 7) is 20.5. The zero-order chi connectivity index (χ0) is 41.3. The highest BCUT2D eigenvalue weighted by Crippen LogP contribution is 2.78. The van der Waals surface area contributed by atoms with E-state index in [4.69, 9.17) is 11.6 Å². The first-order valence-electron chi connectivity index (χ1n) is 22.8. The Balaban J connectivity index is 1.16. The number of halogens is 2. The number of nitrogens with zero attached hydrogens (tertiary/aromatic N) is 2. The highest BCUT2D eigenvalue weighted by atomic mass is 35.5. The van der Waals surface area contributed by atoms with Gasteiger partial charge in [0.1, 0.15) is 6.67 Å². The molecule has 2 N–H and O–H groups in total. The summed E-state index contributed by atoms with van der Waals surface area (Å²) in [6.07, 6.45) is 16.4. The van der Waals surface area contributed by atoms with Crippen molar-refractivity contribution in [3.63, 3.8) is 0 Å². The van der Waals surface area contributed by atoms with Gasteiger partial charge < -0.3 is 15.1 Å². The van der Waals surface area contributed by atoms with Crippen molar-refractivity contribution in [3.8, 4) is 0 Å². The van der Waals surface area contributed by atoms with Crippen LogP contribution in [0.5, 0.6) is 0 Å². The molecule has 0 spiro atoms. The van der Waals surface area contributed by atoms with Gasteiger partial charge in [-0.25, -0.2) is 4.39 Å². The van der Waals surface area contributed by atoms with Gasteiger partial charge in [-0.05, 0) is 177 Å². The molecule has 4 fully saturated rings. The maximum absolute atomic E-state index is 14.1. The Labute approximate surface area is 350 Å². The lowest BCUT2D eigenvalue weighted by molar-refractivity contribution is -0.239. The van der Waals surface area contributed by atoms with E-state index in [1.807, 2.05) is 12.1 Å². The number of hydrogen-bond acceptors (Lipinski definition) is 4. The summed E-state index contributed by atoms with van der Waals surface area (Å²) in [5.41, 5.74) is 3.22. The summed E-state index contributed by atoms with van der Waals surface area (Å²) in [7, 11) is 4.28. The molecule has 0 bridgehead atoms. The Kier molecular flexibility index (Phi) is 11.9. The Bertz CT molecular complexity index is 1710. The van der Waals surface area contributed by atoms with Crippen LogP contribution in [-0.2, 0) is 11.3 Å². The number of carbonyl (C=O) groups is 1. The minimum Gasteiger partial charge on any atom is -0.481 e. The average molecular weight is 808 g/mol. The number of aliphatic hydroxyl groups excluding tert-OH is 1. The molecule has 6 aliphatic carbocycles. The van der Waals surface area contributed by atoms with Crippen LogP contribution < -0.4 is 0 Å². The summed E-state index contributed by atoms with van der Waals surface area (Å²) in [4.78, 5) is 16.8. The van der Waals surface area contributed by atoms with Crippen molar-refractivity contribution in [2.45, 2.75) is 138 Å². The van der Waals surface area contributed by atoms with Crippen molar-refractivity contribution >= 4 is 17.6 Å². The van der Waals surface area contributed by atoms with E-state index in [1.54, 1.807) is 0 Å². The van der Waals surface area contributed by atoms with E-state index in [0.717, 1.165) is 43.9 Å². The summed E-state index contributed by atoms with van der Waals surface area (Å²) in [5.74, 6) is 2.58. The summed E-state index contributed by atoms with van der Waals surface area (Å²) in [5, 5.41) is 23.4. The second-order valence-electron chi connectivity index (χ2n) is 22.3. The van der Waals surface area contributed by atoms with E-state index in [2.05, 4.69) is 96.6 Å². The van der Waals surface area contributed by atoms with Gasteiger partial charge in [0.25, 0.3) is 0 Å². The van der Waals surface area contributed by atoms with Crippen LogP contribution in [0, 0.1) is 68.0 Å². The van der Waals surface area contributed by atoms with Crippen LogP contribution in [0.4, 0.5) is 4.39 Å². The second kappa shape index (κ2) is 15.6. The van der Waals surface area contributed by atoms with Gasteiger partial charge in [0.15, 0.2) is 0 Å². The van der Waals surface area contributed by atoms with Gasteiger partial charge in [0.05, 0.1) is 11.5 Å². The third kappa shape index (κ3) is 7.03. The number of aliphatic carboxylic acids is 1. The van der Waals surface area contributed by atoms with E-state index < -0.39 is 18.1 Å². The lowest BCUT2D eigenvalue weighted by Gasteiger charge is -2.73. The Morgan fingerprint density at radius 2 is 1.60 bits per heavy atom. The number of rotatable bonds is 12. The number of carboxylic acids is 1. The van der Waals surface area contributed by atoms with E-state index in [0.29, 0.717) is 54.9 Å². The van der Waals surface area contributed by atoms with Crippen LogP contribution in [0.2, 0.25) is 5.02 Å². The summed E-state index contributed by atoms with van der Waals surface area (Å²) in [6, 6.07) is 8.26. The summed E-state index contributed by atoms with van der Waals surface area (Å²) >= 11 is 6.27. The SMILES string of the molecule is CC(C)[C@@H]1CC[C@]2([C@@H](O)CN(CCN(C)C)Cc3ccc(Cl)cc3)CC[C@]3(C)[C@H](CC[C@@H]4[C@@]5(C)CC=C(C6=CC[C@](CF)(C(=O)O)CC6)C(C)(C)[C@@H]5CC[C@]43C)[C@@H]12. The van der Waals surface area contributed by atoms with Gasteiger partial charge in [-0.15, -0.1) is 0 Å². The number of aliphatic hydroxyl groups is 1. The number of carboxylic acid groups (broad SMARTS) is 1. The van der Waals surface area contributed by atoms with Gasteiger partial charge >= 0.3 is 5.97 Å². The van der Waals surface area contributed by atoms with Crippen molar-refractivity contribution < 1.29 is 19.4 Å². The highest BCUT2D eigenvalue weighted by Gasteiger charge is 2.71. The molecular weight excluding hydrogens is 731 g/mol. The van der Waals surface area contributed by atoms with Crippen LogP contribution in [0.25, 0.3) is 0 Å². The molecule has 0 aliphatic heterocycles. The molecule has 0 unspecified atom stereocenters. The molecule has 0 aromatic heterocycles. The number of allylic oxidation sites excluding steroid dienone is 4. The largest absolute Gasteiger partial charge is 0.481 e. The first-order chi connectivity index (χ1) is 26.8. The molecule has 0 heterocycles. The van der Waals surface area contributed by atoms with Crippen LogP contribution in [0.3, 0.4) is 0 Å². The lowest BCUT2D eigenvalue weighted by Crippen LogP contribution is -2.66. The Hall–Kier alpha value is -1.73. The van der Waals surface area contributed by atoms with Crippen molar-refractivity contribution in [1.82, 2.24) is 9.80 Å². The van der Waals surface area contributed by atoms with Crippen LogP contribution in [0.1, 0.15) is 131 Å². The number of hydrogen-bond donors (Lipinski definition) is 2. The average Bonchev–Trinajstić information content (AvgIpc) is 3.56. The number of fused-ring (bicyclic) bond motifs is 7. The molecule has 5 nitrogen and oxygen atoms in total. The van der Waals surface area contributed by atoms with Gasteiger partial charge in [-0.2, -0.15) is 0 Å². The van der Waals surface area contributed by atoms with Gasteiger partial charge in [-0.1, -0.05) is 84.4 Å². The first kappa shape index (κ1) is 43.4. The number of alkyl halides is 1. The minimum atomic E-state index is -1.26. The van der Waals surface area contributed by atoms with E-state index >= 15 is 0 Å². The standard InChI is InChI=1S/C50H76ClFN2O3/c1-33(2)37-18-25-50(42(55)31-54(29-28-53(8)9)30-34-10-12-36(51)13-11-34)27-26-47(6)39(43(37)50)14-15-41-46(5)21-19-38(45(3,4)40(46)20-22-48(41,47)7)35-16-23-49(32-52,24-17-35)44(56)57/h10-13,16,19,33,37,39-43,55H,14-15,17-18,20-32H2,1-9H3,(H,56,57)/t37-,39+,40-,41+,42-,43+,46-,47+,48+,49-,50+/m0/s1. The molecule has 0 amide bonds. The Morgan fingerprint density at radius 3 is 2.21 bits per heavy atom. The van der Waals surface area contributed by atoms with Crippen molar-refractivity contribution in [3.05, 3.63) is 58.1 Å². The summed E-state index contributed by atoms with van der Waals surface area (Å²) < 4.78 is 14.1. The molecule has 11 atom stereocenters. The van der Waals surface area contributed by atoms with Crippen molar-refractivity contribution in [1.29, 1.82) is 0 Å². The highest BCUT2D eigenvalue weighted by molar-refractivity contribution is 6.30. The fraction of sp³-hybridized carbons (Fsp3) is 0.780. The van der Waals surface area contributed by atoms with Crippen LogP contribution in [0.15, 0.2) is 47.6 Å². The zero-order valence-corrected chi connectivity index (χ0v) is 37.7. The topological polar surface area (TPSA) is 64.0 Å². The third-order valence-corrected chi connectivity index (χ3v) is 19.2. The third-order valence-electron chi connectivity index (χ3n) is 18.9. The molecule has 1 aromatic rings. The fourth-order valence-corrected chi connectivity index (χ4v) is 15.7. The van der Waals surface area contributed by atoms with Crippen LogP contribution in [-0.4, -0.2) is 72.5 Å². The zero-order valence-electron chi connectivity index (χ0n) is 37.0. The molecule has 318 valence electrons. The predicted molar refractivity (Wildman–Crippen MR) is 232 cm³/mol. The molecule has 7 heteroatoms. The first-order valence-corrected chi connectivity index (χ1v) is 23.1. The van der Waals surface area contributed by atoms with Crippen molar-refractivity contribution in [2.24, 2.45) is 68.0 Å². The van der Waals surface area contributed by atoms with E-state index in [1.165, 1.54) is 55.2 Å². The predicted octanol–water partition coefficient (Wildman–Crippen LogP) is 11.5. The smallest absolute Gasteiger partial charge is 0.312 e. The van der Waals surface area contributed by atoms with Gasteiger partial charge in [-0.3, -0.25) is 9.69 Å². The Morgan fingerprint density at radius 1 is 0.877 bits per heavy atom. The molecule has 0 radical (unpaired) electrons. The monoisotopic (exact) mass is 807 g/mol. The second-order valence-corrected chi connectivity index (χ2v) is 22.7. The normalized spacial score (nSPS) is 40.5. The van der Waals surface area contributed by atoms with Crippen molar-refractivity contribution in [2.75, 3.05) is 40.4 Å². The number of likely N-dealkylation sites (N-methyl/N-ethyl adjacent to an activating group) is 1. The maximum atomic E-state index is 14.1. The lowest BCUT2D eigenvalue weighted by atomic mass is 9.32. The molecule has 57 heavy (non-hydrogen) atoms. The molecule has 6 aliphatic rings. The quantitative estimate of drug-likeness (QED) is 0.220. The van der Waals surface area contributed by atoms with Gasteiger partial charge in [0, 0.05) is 36.6 Å².